The van der Waals surface area contributed by atoms with Gasteiger partial charge >= 0.3 is 0 Å². The fourth-order valence-electron chi connectivity index (χ4n) is 3.53. The van der Waals surface area contributed by atoms with Crippen molar-refractivity contribution in [2.75, 3.05) is 11.5 Å². The zero-order valence-electron chi connectivity index (χ0n) is 16.9. The van der Waals surface area contributed by atoms with Crippen LogP contribution in [0.25, 0.3) is 22.3 Å². The largest absolute Gasteiger partial charge is 0.399 e. The summed E-state index contributed by atoms with van der Waals surface area (Å²) in [6.07, 6.45) is 0.306. The third kappa shape index (κ3) is 4.26. The lowest BCUT2D eigenvalue weighted by molar-refractivity contribution is 0.0994. The minimum Gasteiger partial charge on any atom is -0.399 e. The Morgan fingerprint density at radius 2 is 1.13 bits per heavy atom. The molecule has 4 rings (SSSR count). The maximum absolute atomic E-state index is 12.6. The number of rotatable bonds is 5. The van der Waals surface area contributed by atoms with Gasteiger partial charge in [0.25, 0.3) is 0 Å². The van der Waals surface area contributed by atoms with Gasteiger partial charge in [-0.15, -0.1) is 0 Å². The normalized spacial score (nSPS) is 10.7. The molecule has 0 aromatic heterocycles. The van der Waals surface area contributed by atoms with Gasteiger partial charge in [-0.1, -0.05) is 78.4 Å². The fourth-order valence-corrected chi connectivity index (χ4v) is 3.53. The van der Waals surface area contributed by atoms with Crippen molar-refractivity contribution in [3.8, 4) is 22.3 Å². The molecule has 0 spiro atoms. The molecule has 0 bridgehead atoms. The molecule has 148 valence electrons. The zero-order chi connectivity index (χ0) is 21.1. The first-order valence-electron chi connectivity index (χ1n) is 9.94. The number of aryl methyl sites for hydroxylation is 1. The average molecular weight is 393 g/mol. The third-order valence-corrected chi connectivity index (χ3v) is 5.30. The lowest BCUT2D eigenvalue weighted by atomic mass is 9.97. The number of carbonyl (C=O) groups excluding carboxylic acids is 1. The Kier molecular flexibility index (Phi) is 5.36. The highest BCUT2D eigenvalue weighted by atomic mass is 16.1. The van der Waals surface area contributed by atoms with Gasteiger partial charge in [-0.25, -0.2) is 0 Å². The van der Waals surface area contributed by atoms with Gasteiger partial charge in [0.1, 0.15) is 0 Å². The molecule has 0 amide bonds. The Morgan fingerprint density at radius 3 is 1.63 bits per heavy atom. The SMILES string of the molecule is Cc1ccc(-c2ccc(-c3ccc(CC(=O)c4ccc(N)cc4N)cc3)cc2)cc1. The van der Waals surface area contributed by atoms with Crippen LogP contribution < -0.4 is 11.5 Å². The quantitative estimate of drug-likeness (QED) is 0.327. The van der Waals surface area contributed by atoms with Gasteiger partial charge in [0, 0.05) is 23.4 Å². The van der Waals surface area contributed by atoms with Gasteiger partial charge in [-0.05, 0) is 52.9 Å². The monoisotopic (exact) mass is 392 g/mol. The van der Waals surface area contributed by atoms with E-state index in [0.717, 1.165) is 16.7 Å². The predicted molar refractivity (Wildman–Crippen MR) is 125 cm³/mol. The van der Waals surface area contributed by atoms with Crippen LogP contribution in [0.4, 0.5) is 11.4 Å². The summed E-state index contributed by atoms with van der Waals surface area (Å²) in [6.45, 7) is 2.09. The summed E-state index contributed by atoms with van der Waals surface area (Å²) in [7, 11) is 0. The lowest BCUT2D eigenvalue weighted by Crippen LogP contribution is -2.07. The van der Waals surface area contributed by atoms with E-state index in [4.69, 9.17) is 11.5 Å². The molecule has 0 saturated carbocycles. The smallest absolute Gasteiger partial charge is 0.169 e. The molecular weight excluding hydrogens is 368 g/mol. The first-order chi connectivity index (χ1) is 14.5. The summed E-state index contributed by atoms with van der Waals surface area (Å²) in [5.41, 5.74) is 20.0. The number of nitrogen functional groups attached to an aromatic ring is 2. The number of ketones is 1. The molecule has 4 aromatic rings. The van der Waals surface area contributed by atoms with Crippen molar-refractivity contribution in [2.45, 2.75) is 13.3 Å². The van der Waals surface area contributed by atoms with E-state index in [2.05, 4.69) is 67.6 Å². The number of hydrogen-bond acceptors (Lipinski definition) is 3. The summed E-state index contributed by atoms with van der Waals surface area (Å²) in [5.74, 6) is -0.0114. The van der Waals surface area contributed by atoms with Crippen LogP contribution in [0, 0.1) is 6.92 Å². The van der Waals surface area contributed by atoms with Gasteiger partial charge in [0.15, 0.2) is 5.78 Å². The van der Waals surface area contributed by atoms with Crippen LogP contribution in [0.3, 0.4) is 0 Å². The second-order valence-electron chi connectivity index (χ2n) is 7.59. The molecule has 0 aliphatic heterocycles. The number of hydrogen-bond donors (Lipinski definition) is 2. The standard InChI is InChI=1S/C27H24N2O/c1-18-2-6-20(7-3-18)22-10-12-23(13-11-22)21-8-4-19(5-9-21)16-27(30)25-15-14-24(28)17-26(25)29/h2-15,17H,16,28-29H2,1H3. The Labute approximate surface area is 177 Å². The van der Waals surface area contributed by atoms with E-state index in [1.807, 2.05) is 12.1 Å². The Hall–Kier alpha value is -3.85. The van der Waals surface area contributed by atoms with E-state index in [1.54, 1.807) is 18.2 Å². The lowest BCUT2D eigenvalue weighted by Gasteiger charge is -2.08. The van der Waals surface area contributed by atoms with E-state index >= 15 is 0 Å². The Balaban J connectivity index is 1.48. The van der Waals surface area contributed by atoms with Crippen LogP contribution in [0.5, 0.6) is 0 Å². The maximum atomic E-state index is 12.6. The van der Waals surface area contributed by atoms with Crippen LogP contribution >= 0.6 is 0 Å². The van der Waals surface area contributed by atoms with Crippen molar-refractivity contribution in [1.29, 1.82) is 0 Å². The van der Waals surface area contributed by atoms with Gasteiger partial charge in [0.05, 0.1) is 0 Å². The van der Waals surface area contributed by atoms with Crippen LogP contribution in [-0.2, 0) is 6.42 Å². The fraction of sp³-hybridized carbons (Fsp3) is 0.0741. The molecule has 3 heteroatoms. The van der Waals surface area contributed by atoms with Crippen LogP contribution in [-0.4, -0.2) is 5.78 Å². The Morgan fingerprint density at radius 1 is 0.667 bits per heavy atom. The van der Waals surface area contributed by atoms with Crippen LogP contribution in [0.2, 0.25) is 0 Å². The van der Waals surface area contributed by atoms with Gasteiger partial charge in [0.2, 0.25) is 0 Å². The molecular formula is C27H24N2O. The zero-order valence-corrected chi connectivity index (χ0v) is 16.9. The number of benzene rings is 4. The van der Waals surface area contributed by atoms with Gasteiger partial charge in [-0.3, -0.25) is 4.79 Å². The second-order valence-corrected chi connectivity index (χ2v) is 7.59. The van der Waals surface area contributed by atoms with E-state index in [0.29, 0.717) is 23.4 Å². The van der Waals surface area contributed by atoms with E-state index in [1.165, 1.54) is 16.7 Å². The summed E-state index contributed by atoms with van der Waals surface area (Å²) in [4.78, 5) is 12.6. The first-order valence-corrected chi connectivity index (χ1v) is 9.94. The molecule has 0 fully saturated rings. The van der Waals surface area contributed by atoms with E-state index in [-0.39, 0.29) is 5.78 Å². The van der Waals surface area contributed by atoms with Gasteiger partial charge < -0.3 is 11.5 Å². The van der Waals surface area contributed by atoms with Crippen molar-refractivity contribution in [3.63, 3.8) is 0 Å². The molecule has 0 atom stereocenters. The first kappa shape index (κ1) is 19.5. The molecule has 0 unspecified atom stereocenters. The average Bonchev–Trinajstić information content (AvgIpc) is 2.75. The molecule has 0 radical (unpaired) electrons. The molecule has 0 heterocycles. The van der Waals surface area contributed by atoms with Crippen molar-refractivity contribution in [2.24, 2.45) is 0 Å². The topological polar surface area (TPSA) is 69.1 Å². The molecule has 0 saturated heterocycles. The molecule has 0 aliphatic carbocycles. The number of Topliss-reactive ketones (excluding diaryl/α,β-unsaturated/α-hetero) is 1. The van der Waals surface area contributed by atoms with Crippen LogP contribution in [0.15, 0.2) is 91.0 Å². The van der Waals surface area contributed by atoms with Crippen LogP contribution in [0.1, 0.15) is 21.5 Å². The minimum atomic E-state index is -0.0114. The van der Waals surface area contributed by atoms with Crippen molar-refractivity contribution in [3.05, 3.63) is 108 Å². The summed E-state index contributed by atoms with van der Waals surface area (Å²) in [5, 5.41) is 0. The van der Waals surface area contributed by atoms with Gasteiger partial charge in [-0.2, -0.15) is 0 Å². The summed E-state index contributed by atoms with van der Waals surface area (Å²) >= 11 is 0. The van der Waals surface area contributed by atoms with Crippen molar-refractivity contribution < 1.29 is 4.79 Å². The molecule has 4 aromatic carbocycles. The number of anilines is 2. The molecule has 30 heavy (non-hydrogen) atoms. The van der Waals surface area contributed by atoms with E-state index < -0.39 is 0 Å². The number of carbonyl (C=O) groups is 1. The number of nitrogens with two attached hydrogens (primary N) is 2. The third-order valence-electron chi connectivity index (χ3n) is 5.30. The second kappa shape index (κ2) is 8.26. The highest BCUT2D eigenvalue weighted by Crippen LogP contribution is 2.26. The molecule has 3 nitrogen and oxygen atoms in total. The highest BCUT2D eigenvalue weighted by molar-refractivity contribution is 6.02. The summed E-state index contributed by atoms with van der Waals surface area (Å²) < 4.78 is 0. The molecule has 4 N–H and O–H groups in total. The highest BCUT2D eigenvalue weighted by Gasteiger charge is 2.11. The van der Waals surface area contributed by atoms with E-state index in [9.17, 15) is 4.79 Å². The minimum absolute atomic E-state index is 0.0114. The van der Waals surface area contributed by atoms with Crippen molar-refractivity contribution >= 4 is 17.2 Å². The maximum Gasteiger partial charge on any atom is 0.169 e. The molecule has 0 aliphatic rings. The summed E-state index contributed by atoms with van der Waals surface area (Å²) in [6, 6.07) is 30.2. The van der Waals surface area contributed by atoms with Crippen molar-refractivity contribution in [1.82, 2.24) is 0 Å². The Bertz CT molecular complexity index is 1180. The predicted octanol–water partition coefficient (Wildman–Crippen LogP) is 5.92.